The molecule has 5 nitrogen and oxygen atoms in total. The van der Waals surface area contributed by atoms with Crippen LogP contribution in [0.5, 0.6) is 0 Å². The molecule has 1 aliphatic carbocycles. The molecule has 25 heavy (non-hydrogen) atoms. The molecule has 2 rings (SSSR count). The van der Waals surface area contributed by atoms with Crippen LogP contribution in [0.15, 0.2) is 30.3 Å². The molecule has 1 fully saturated rings. The van der Waals surface area contributed by atoms with E-state index in [2.05, 4.69) is 0 Å². The molecule has 0 aromatic heterocycles. The highest BCUT2D eigenvalue weighted by Crippen LogP contribution is 2.24. The van der Waals surface area contributed by atoms with Gasteiger partial charge in [0.2, 0.25) is 15.9 Å². The maximum Gasteiger partial charge on any atom is 0.238 e. The zero-order chi connectivity index (χ0) is 18.4. The lowest BCUT2D eigenvalue weighted by molar-refractivity contribution is -0.134. The lowest BCUT2D eigenvalue weighted by atomic mass is 9.95. The van der Waals surface area contributed by atoms with Gasteiger partial charge in [0.05, 0.1) is 12.8 Å². The van der Waals surface area contributed by atoms with Crippen molar-refractivity contribution in [3.8, 4) is 0 Å². The van der Waals surface area contributed by atoms with Crippen LogP contribution < -0.4 is 0 Å². The summed E-state index contributed by atoms with van der Waals surface area (Å²) in [7, 11) is -3.41. The Kier molecular flexibility index (Phi) is 7.02. The molecule has 0 saturated heterocycles. The average Bonchev–Trinajstić information content (AvgIpc) is 2.57. The minimum absolute atomic E-state index is 0.0143. The van der Waals surface area contributed by atoms with Crippen molar-refractivity contribution in [1.29, 1.82) is 0 Å². The third-order valence-electron chi connectivity index (χ3n) is 4.84. The first-order chi connectivity index (χ1) is 11.8. The summed E-state index contributed by atoms with van der Waals surface area (Å²) in [6.07, 6.45) is 6.12. The molecule has 0 N–H and O–H groups in total. The van der Waals surface area contributed by atoms with Crippen molar-refractivity contribution in [2.75, 3.05) is 12.8 Å². The Morgan fingerprint density at radius 3 is 2.24 bits per heavy atom. The van der Waals surface area contributed by atoms with E-state index in [1.807, 2.05) is 44.2 Å². The van der Waals surface area contributed by atoms with Gasteiger partial charge in [0.25, 0.3) is 0 Å². The molecule has 0 aliphatic heterocycles. The van der Waals surface area contributed by atoms with Gasteiger partial charge in [0.15, 0.2) is 0 Å². The van der Waals surface area contributed by atoms with Crippen molar-refractivity contribution >= 4 is 15.9 Å². The summed E-state index contributed by atoms with van der Waals surface area (Å²) in [5.74, 6) is -0.130. The van der Waals surface area contributed by atoms with Crippen LogP contribution in [0.1, 0.15) is 51.5 Å². The van der Waals surface area contributed by atoms with E-state index in [0.29, 0.717) is 6.54 Å². The Morgan fingerprint density at radius 2 is 1.72 bits per heavy atom. The number of nitrogens with zero attached hydrogens (tertiary/aromatic N) is 2. The number of hydrogen-bond acceptors (Lipinski definition) is 3. The van der Waals surface area contributed by atoms with Crippen LogP contribution in [0.25, 0.3) is 0 Å². The molecule has 0 atom stereocenters. The summed E-state index contributed by atoms with van der Waals surface area (Å²) in [6.45, 7) is 4.37. The number of benzene rings is 1. The standard InChI is InChI=1S/C19H30N2O3S/c1-16(2)20(14-17-10-6-4-7-11-17)19(22)15-21(25(3,23)24)18-12-8-5-9-13-18/h4,6-7,10-11,16,18H,5,8-9,12-15H2,1-3H3. The smallest absolute Gasteiger partial charge is 0.238 e. The van der Waals surface area contributed by atoms with Gasteiger partial charge in [-0.25, -0.2) is 8.42 Å². The Hall–Kier alpha value is -1.40. The highest BCUT2D eigenvalue weighted by molar-refractivity contribution is 7.88. The molecule has 1 aromatic carbocycles. The molecule has 0 spiro atoms. The minimum Gasteiger partial charge on any atom is -0.335 e. The Morgan fingerprint density at radius 1 is 1.12 bits per heavy atom. The topological polar surface area (TPSA) is 57.7 Å². The fourth-order valence-electron chi connectivity index (χ4n) is 3.45. The van der Waals surface area contributed by atoms with Crippen LogP contribution in [0.3, 0.4) is 0 Å². The molecule has 1 aromatic rings. The highest BCUT2D eigenvalue weighted by atomic mass is 32.2. The lowest BCUT2D eigenvalue weighted by Gasteiger charge is -2.34. The van der Waals surface area contributed by atoms with E-state index in [1.54, 1.807) is 4.90 Å². The van der Waals surface area contributed by atoms with Gasteiger partial charge in [-0.3, -0.25) is 4.79 Å². The van der Waals surface area contributed by atoms with Crippen LogP contribution in [-0.2, 0) is 21.4 Å². The number of amides is 1. The van der Waals surface area contributed by atoms with Crippen molar-refractivity contribution in [3.63, 3.8) is 0 Å². The first-order valence-corrected chi connectivity index (χ1v) is 10.9. The Bertz CT molecular complexity index is 653. The molecule has 0 unspecified atom stereocenters. The number of sulfonamides is 1. The van der Waals surface area contributed by atoms with Gasteiger partial charge in [0.1, 0.15) is 0 Å². The molecule has 0 bridgehead atoms. The van der Waals surface area contributed by atoms with Crippen molar-refractivity contribution < 1.29 is 13.2 Å². The number of carbonyl (C=O) groups excluding carboxylic acids is 1. The summed E-state index contributed by atoms with van der Waals surface area (Å²) >= 11 is 0. The van der Waals surface area contributed by atoms with Gasteiger partial charge in [0, 0.05) is 18.6 Å². The maximum atomic E-state index is 12.9. The lowest BCUT2D eigenvalue weighted by Crippen LogP contribution is -2.49. The van der Waals surface area contributed by atoms with E-state index < -0.39 is 10.0 Å². The SMILES string of the molecule is CC(C)N(Cc1ccccc1)C(=O)CN(C1CCCCC1)S(C)(=O)=O. The van der Waals surface area contributed by atoms with E-state index in [1.165, 1.54) is 10.6 Å². The molecule has 0 heterocycles. The molecule has 0 radical (unpaired) electrons. The van der Waals surface area contributed by atoms with Crippen molar-refractivity contribution in [1.82, 2.24) is 9.21 Å². The van der Waals surface area contributed by atoms with Crippen molar-refractivity contribution in [2.24, 2.45) is 0 Å². The van der Waals surface area contributed by atoms with Gasteiger partial charge in [-0.1, -0.05) is 49.6 Å². The second-order valence-corrected chi connectivity index (χ2v) is 9.14. The molecule has 1 amide bonds. The molecule has 1 saturated carbocycles. The van der Waals surface area contributed by atoms with Crippen LogP contribution in [0.4, 0.5) is 0 Å². The quantitative estimate of drug-likeness (QED) is 0.745. The normalized spacial score (nSPS) is 16.4. The largest absolute Gasteiger partial charge is 0.335 e. The van der Waals surface area contributed by atoms with Crippen LogP contribution in [0, 0.1) is 0 Å². The number of rotatable bonds is 7. The second kappa shape index (κ2) is 8.81. The van der Waals surface area contributed by atoms with E-state index in [4.69, 9.17) is 0 Å². The third kappa shape index (κ3) is 5.82. The fraction of sp³-hybridized carbons (Fsp3) is 0.632. The highest BCUT2D eigenvalue weighted by Gasteiger charge is 2.31. The summed E-state index contributed by atoms with van der Waals surface area (Å²) in [5.41, 5.74) is 1.05. The van der Waals surface area contributed by atoms with Gasteiger partial charge in [-0.05, 0) is 32.3 Å². The van der Waals surface area contributed by atoms with Crippen LogP contribution >= 0.6 is 0 Å². The zero-order valence-electron chi connectivity index (χ0n) is 15.5. The maximum absolute atomic E-state index is 12.9. The number of hydrogen-bond donors (Lipinski definition) is 0. The van der Waals surface area contributed by atoms with E-state index >= 15 is 0 Å². The first kappa shape index (κ1) is 19.9. The fourth-order valence-corrected chi connectivity index (χ4v) is 4.55. The molecule has 6 heteroatoms. The molecular weight excluding hydrogens is 336 g/mol. The number of carbonyl (C=O) groups is 1. The van der Waals surface area contributed by atoms with Gasteiger partial charge >= 0.3 is 0 Å². The van der Waals surface area contributed by atoms with Crippen molar-refractivity contribution in [3.05, 3.63) is 35.9 Å². The zero-order valence-corrected chi connectivity index (χ0v) is 16.3. The van der Waals surface area contributed by atoms with E-state index in [0.717, 1.165) is 37.7 Å². The molecule has 1 aliphatic rings. The minimum atomic E-state index is -3.41. The van der Waals surface area contributed by atoms with Crippen LogP contribution in [0.2, 0.25) is 0 Å². The predicted molar refractivity (Wildman–Crippen MR) is 101 cm³/mol. The Balaban J connectivity index is 2.13. The summed E-state index contributed by atoms with van der Waals surface area (Å²) in [4.78, 5) is 14.7. The van der Waals surface area contributed by atoms with E-state index in [-0.39, 0.29) is 24.5 Å². The van der Waals surface area contributed by atoms with Crippen molar-refractivity contribution in [2.45, 2.75) is 64.6 Å². The average molecular weight is 367 g/mol. The monoisotopic (exact) mass is 366 g/mol. The molecular formula is C19H30N2O3S. The first-order valence-electron chi connectivity index (χ1n) is 9.09. The summed E-state index contributed by atoms with van der Waals surface area (Å²) in [5, 5.41) is 0. The molecule has 140 valence electrons. The van der Waals surface area contributed by atoms with Crippen LogP contribution in [-0.4, -0.2) is 48.4 Å². The third-order valence-corrected chi connectivity index (χ3v) is 6.12. The second-order valence-electron chi connectivity index (χ2n) is 7.20. The Labute approximate surface area is 152 Å². The predicted octanol–water partition coefficient (Wildman–Crippen LogP) is 3.02. The van der Waals surface area contributed by atoms with Gasteiger partial charge in [-0.15, -0.1) is 0 Å². The van der Waals surface area contributed by atoms with E-state index in [9.17, 15) is 13.2 Å². The summed E-state index contributed by atoms with van der Waals surface area (Å²) in [6, 6.07) is 9.78. The summed E-state index contributed by atoms with van der Waals surface area (Å²) < 4.78 is 26.0. The van der Waals surface area contributed by atoms with Gasteiger partial charge in [-0.2, -0.15) is 4.31 Å². The van der Waals surface area contributed by atoms with Gasteiger partial charge < -0.3 is 4.90 Å².